The lowest BCUT2D eigenvalue weighted by molar-refractivity contribution is -0.137. The first-order chi connectivity index (χ1) is 16.6. The van der Waals surface area contributed by atoms with Crippen molar-refractivity contribution in [2.45, 2.75) is 70.8 Å². The minimum Gasteiger partial charge on any atom is -0.481 e. The fraction of sp³-hybridized carbons (Fsp3) is 0.407. The number of esters is 1. The van der Waals surface area contributed by atoms with Crippen LogP contribution in [-0.4, -0.2) is 25.5 Å². The standard InChI is InChI=1S/C27H30O7S/c1-4-21-17(3)23-15-33-27(30)25(23)26(34-35(31,32)20-11-8-16(2)9-12-20)22(21)13-10-18-6-5-7-19(18)14-24(28)29/h8-12,19H,4-7,13-15H2,1-3H3,(H,28,29). The quantitative estimate of drug-likeness (QED) is 0.308. The van der Waals surface area contributed by atoms with E-state index < -0.39 is 22.1 Å². The fourth-order valence-electron chi connectivity index (χ4n) is 5.16. The van der Waals surface area contributed by atoms with E-state index in [2.05, 4.69) is 0 Å². The van der Waals surface area contributed by atoms with Crippen LogP contribution in [0.3, 0.4) is 0 Å². The molecule has 1 fully saturated rings. The average molecular weight is 499 g/mol. The minimum absolute atomic E-state index is 0.00320. The maximum atomic E-state index is 13.2. The Morgan fingerprint density at radius 1 is 1.20 bits per heavy atom. The molecule has 0 bridgehead atoms. The van der Waals surface area contributed by atoms with Gasteiger partial charge in [0.05, 0.1) is 6.42 Å². The molecule has 0 saturated heterocycles. The number of aliphatic carboxylic acids is 1. The van der Waals surface area contributed by atoms with E-state index in [4.69, 9.17) is 8.92 Å². The minimum atomic E-state index is -4.21. The Kier molecular flexibility index (Phi) is 7.03. The molecule has 2 aromatic carbocycles. The molecule has 1 unspecified atom stereocenters. The molecule has 1 heterocycles. The van der Waals surface area contributed by atoms with E-state index in [1.807, 2.05) is 26.8 Å². The van der Waals surface area contributed by atoms with Crippen LogP contribution in [0.4, 0.5) is 0 Å². The third-order valence-electron chi connectivity index (χ3n) is 7.01. The molecule has 0 aromatic heterocycles. The summed E-state index contributed by atoms with van der Waals surface area (Å²) in [6.07, 6.45) is 5.58. The average Bonchev–Trinajstić information content (AvgIpc) is 3.40. The summed E-state index contributed by atoms with van der Waals surface area (Å²) in [4.78, 5) is 24.0. The highest BCUT2D eigenvalue weighted by Gasteiger charge is 2.35. The van der Waals surface area contributed by atoms with Gasteiger partial charge >= 0.3 is 22.1 Å². The monoisotopic (exact) mass is 498 g/mol. The third kappa shape index (κ3) is 4.98. The van der Waals surface area contributed by atoms with E-state index in [1.54, 1.807) is 12.1 Å². The van der Waals surface area contributed by atoms with Gasteiger partial charge in [0.2, 0.25) is 0 Å². The number of cyclic esters (lactones) is 1. The second-order valence-electron chi connectivity index (χ2n) is 9.22. The summed E-state index contributed by atoms with van der Waals surface area (Å²) in [5.41, 5.74) is 5.24. The van der Waals surface area contributed by atoms with Crippen LogP contribution >= 0.6 is 0 Å². The highest BCUT2D eigenvalue weighted by molar-refractivity contribution is 7.87. The van der Waals surface area contributed by atoms with Gasteiger partial charge in [0, 0.05) is 11.1 Å². The Morgan fingerprint density at radius 2 is 1.91 bits per heavy atom. The van der Waals surface area contributed by atoms with Gasteiger partial charge in [-0.15, -0.1) is 0 Å². The molecule has 4 rings (SSSR count). The summed E-state index contributed by atoms with van der Waals surface area (Å²) in [6, 6.07) is 6.34. The van der Waals surface area contributed by atoms with Crippen molar-refractivity contribution in [2.75, 3.05) is 0 Å². The maximum Gasteiger partial charge on any atom is 0.342 e. The molecule has 7 nitrogen and oxygen atoms in total. The highest BCUT2D eigenvalue weighted by atomic mass is 32.2. The predicted octanol–water partition coefficient (Wildman–Crippen LogP) is 5.05. The second-order valence-corrected chi connectivity index (χ2v) is 10.8. The number of carboxylic acid groups (broad SMARTS) is 1. The number of allylic oxidation sites excluding steroid dienone is 2. The number of carbonyl (C=O) groups excluding carboxylic acids is 1. The van der Waals surface area contributed by atoms with Crippen molar-refractivity contribution in [3.8, 4) is 5.75 Å². The molecule has 1 N–H and O–H groups in total. The van der Waals surface area contributed by atoms with Crippen molar-refractivity contribution in [2.24, 2.45) is 5.92 Å². The first-order valence-electron chi connectivity index (χ1n) is 11.9. The van der Waals surface area contributed by atoms with E-state index >= 15 is 0 Å². The molecule has 8 heteroatoms. The number of ether oxygens (including phenoxy) is 1. The first-order valence-corrected chi connectivity index (χ1v) is 13.3. The number of benzene rings is 2. The predicted molar refractivity (Wildman–Crippen MR) is 130 cm³/mol. The molecule has 1 saturated carbocycles. The Morgan fingerprint density at radius 3 is 2.57 bits per heavy atom. The van der Waals surface area contributed by atoms with Crippen molar-refractivity contribution in [3.63, 3.8) is 0 Å². The molecule has 2 aliphatic rings. The maximum absolute atomic E-state index is 13.2. The molecule has 186 valence electrons. The van der Waals surface area contributed by atoms with E-state index in [0.29, 0.717) is 24.0 Å². The molecular weight excluding hydrogens is 468 g/mol. The molecule has 1 aliphatic heterocycles. The van der Waals surface area contributed by atoms with Crippen LogP contribution in [0, 0.1) is 19.8 Å². The number of carbonyl (C=O) groups is 2. The Balaban J connectivity index is 1.82. The molecule has 0 radical (unpaired) electrons. The molecular formula is C27H30O7S. The lowest BCUT2D eigenvalue weighted by Gasteiger charge is -2.20. The zero-order valence-corrected chi connectivity index (χ0v) is 21.0. The van der Waals surface area contributed by atoms with Gasteiger partial charge in [-0.1, -0.05) is 36.3 Å². The molecule has 2 aromatic rings. The number of hydrogen-bond donors (Lipinski definition) is 1. The van der Waals surface area contributed by atoms with Gasteiger partial charge in [0.25, 0.3) is 0 Å². The molecule has 0 spiro atoms. The van der Waals surface area contributed by atoms with Crippen LogP contribution < -0.4 is 4.18 Å². The smallest absolute Gasteiger partial charge is 0.342 e. The van der Waals surface area contributed by atoms with Crippen LogP contribution in [-0.2, 0) is 39.1 Å². The van der Waals surface area contributed by atoms with Gasteiger partial charge in [0.1, 0.15) is 17.1 Å². The van der Waals surface area contributed by atoms with Gasteiger partial charge in [-0.2, -0.15) is 8.42 Å². The van der Waals surface area contributed by atoms with Gasteiger partial charge in [-0.3, -0.25) is 4.79 Å². The summed E-state index contributed by atoms with van der Waals surface area (Å²) >= 11 is 0. The van der Waals surface area contributed by atoms with Gasteiger partial charge in [-0.25, -0.2) is 4.79 Å². The van der Waals surface area contributed by atoms with Crippen molar-refractivity contribution in [1.29, 1.82) is 0 Å². The van der Waals surface area contributed by atoms with Crippen LogP contribution in [0.5, 0.6) is 5.75 Å². The molecule has 1 aliphatic carbocycles. The van der Waals surface area contributed by atoms with Crippen LogP contribution in [0.25, 0.3) is 0 Å². The Hall–Kier alpha value is -3.13. The summed E-state index contributed by atoms with van der Waals surface area (Å²) < 4.78 is 37.5. The zero-order chi connectivity index (χ0) is 25.3. The van der Waals surface area contributed by atoms with Crippen LogP contribution in [0.2, 0.25) is 0 Å². The topological polar surface area (TPSA) is 107 Å². The Labute approximate surface area is 205 Å². The number of aryl methyl sites for hydroxylation is 1. The highest BCUT2D eigenvalue weighted by Crippen LogP contribution is 2.41. The van der Waals surface area contributed by atoms with E-state index in [1.165, 1.54) is 12.1 Å². The van der Waals surface area contributed by atoms with Crippen LogP contribution in [0.15, 0.2) is 40.8 Å². The number of fused-ring (bicyclic) bond motifs is 1. The van der Waals surface area contributed by atoms with Crippen LogP contribution in [0.1, 0.15) is 70.8 Å². The second kappa shape index (κ2) is 9.85. The SMILES string of the molecule is CCc1c(C)c2c(c(OS(=O)(=O)c3ccc(C)cc3)c1CC=C1CCCC1CC(=O)O)C(=O)OC2. The van der Waals surface area contributed by atoms with Crippen molar-refractivity contribution >= 4 is 22.1 Å². The van der Waals surface area contributed by atoms with Crippen molar-refractivity contribution in [3.05, 3.63) is 69.3 Å². The first kappa shape index (κ1) is 25.0. The molecule has 1 atom stereocenters. The van der Waals surface area contributed by atoms with Gasteiger partial charge in [-0.05, 0) is 75.1 Å². The van der Waals surface area contributed by atoms with Gasteiger partial charge in [0.15, 0.2) is 5.75 Å². The van der Waals surface area contributed by atoms with Crippen molar-refractivity contribution in [1.82, 2.24) is 0 Å². The third-order valence-corrected chi connectivity index (χ3v) is 8.25. The van der Waals surface area contributed by atoms with Gasteiger partial charge < -0.3 is 14.0 Å². The largest absolute Gasteiger partial charge is 0.481 e. The van der Waals surface area contributed by atoms with E-state index in [0.717, 1.165) is 41.5 Å². The fourth-order valence-corrected chi connectivity index (χ4v) is 6.13. The summed E-state index contributed by atoms with van der Waals surface area (Å²) in [5.74, 6) is -1.44. The number of rotatable bonds is 8. The normalized spacial score (nSPS) is 18.5. The lowest BCUT2D eigenvalue weighted by Crippen LogP contribution is -2.16. The Bertz CT molecular complexity index is 1300. The summed E-state index contributed by atoms with van der Waals surface area (Å²) in [7, 11) is -4.21. The van der Waals surface area contributed by atoms with E-state index in [-0.39, 0.29) is 35.2 Å². The summed E-state index contributed by atoms with van der Waals surface area (Å²) in [6.45, 7) is 5.83. The molecule has 0 amide bonds. The number of hydrogen-bond acceptors (Lipinski definition) is 6. The van der Waals surface area contributed by atoms with Crippen molar-refractivity contribution < 1.29 is 32.0 Å². The lowest BCUT2D eigenvalue weighted by atomic mass is 9.88. The zero-order valence-electron chi connectivity index (χ0n) is 20.2. The molecule has 35 heavy (non-hydrogen) atoms. The number of carboxylic acids is 1. The summed E-state index contributed by atoms with van der Waals surface area (Å²) in [5, 5.41) is 9.26. The van der Waals surface area contributed by atoms with E-state index in [9.17, 15) is 23.1 Å².